The van der Waals surface area contributed by atoms with Crippen LogP contribution in [0.4, 0.5) is 16.2 Å². The molecule has 9 nitrogen and oxygen atoms in total. The van der Waals surface area contributed by atoms with Crippen molar-refractivity contribution in [1.82, 2.24) is 24.6 Å². The molecule has 5 heterocycles. The molecule has 190 valence electrons. The van der Waals surface area contributed by atoms with Gasteiger partial charge in [-0.25, -0.2) is 14.4 Å². The third-order valence-electron chi connectivity index (χ3n) is 6.59. The Hall–Kier alpha value is -3.09. The Morgan fingerprint density at radius 3 is 2.78 bits per heavy atom. The first-order chi connectivity index (χ1) is 17.8. The maximum Gasteiger partial charge on any atom is 0.258 e. The van der Waals surface area contributed by atoms with Gasteiger partial charge in [0.2, 0.25) is 5.95 Å². The molecule has 2 aliphatic rings. The van der Waals surface area contributed by atoms with E-state index in [1.165, 1.54) is 11.3 Å². The topological polar surface area (TPSA) is 105 Å². The summed E-state index contributed by atoms with van der Waals surface area (Å²) in [5.74, 6) is -0.273. The Morgan fingerprint density at radius 1 is 1.32 bits per heavy atom. The van der Waals surface area contributed by atoms with Gasteiger partial charge in [-0.1, -0.05) is 35.3 Å². The van der Waals surface area contributed by atoms with Crippen LogP contribution in [-0.4, -0.2) is 55.5 Å². The van der Waals surface area contributed by atoms with Gasteiger partial charge in [0.15, 0.2) is 5.82 Å². The molecule has 4 aromatic rings. The molecular weight excluding hydrogens is 542 g/mol. The van der Waals surface area contributed by atoms with E-state index < -0.39 is 17.4 Å². The van der Waals surface area contributed by atoms with Gasteiger partial charge in [0.25, 0.3) is 5.91 Å². The molecular formula is C24H19Cl2FN6O3S. The summed E-state index contributed by atoms with van der Waals surface area (Å²) in [6, 6.07) is 8.07. The summed E-state index contributed by atoms with van der Waals surface area (Å²) in [6.45, 7) is 0.119. The number of ether oxygens (including phenoxy) is 1. The van der Waals surface area contributed by atoms with E-state index in [0.717, 1.165) is 6.20 Å². The standard InChI is InChI=1S/C24H19Cl2FN6O3S/c1-32-16(5-6-29-32)30-23-28-8-14(27)19(31-23)20-18(26)17-21(37-20)24(10-36-11-24)33(22(17)35)15(9-34)12-3-2-4-13(25)7-12/h2-8,15,34H,9-11H2,1H3,(H,28,30,31). The largest absolute Gasteiger partial charge is 0.394 e. The van der Waals surface area contributed by atoms with Gasteiger partial charge in [-0.2, -0.15) is 5.10 Å². The van der Waals surface area contributed by atoms with Gasteiger partial charge in [-0.3, -0.25) is 9.48 Å². The maximum atomic E-state index is 15.0. The van der Waals surface area contributed by atoms with Crippen LogP contribution in [0, 0.1) is 5.82 Å². The van der Waals surface area contributed by atoms with E-state index in [1.54, 1.807) is 53.2 Å². The van der Waals surface area contributed by atoms with Gasteiger partial charge in [-0.15, -0.1) is 11.3 Å². The van der Waals surface area contributed by atoms with Crippen LogP contribution in [0.3, 0.4) is 0 Å². The zero-order valence-electron chi connectivity index (χ0n) is 19.3. The highest BCUT2D eigenvalue weighted by molar-refractivity contribution is 7.17. The SMILES string of the molecule is Cn1nccc1Nc1ncc(F)c(-c2sc3c(c2Cl)C(=O)N(C(CO)c2cccc(Cl)c2)C32COC2)n1. The van der Waals surface area contributed by atoms with Crippen molar-refractivity contribution in [3.63, 3.8) is 0 Å². The minimum Gasteiger partial charge on any atom is -0.394 e. The second kappa shape index (κ2) is 9.03. The molecule has 2 aliphatic heterocycles. The average molecular weight is 561 g/mol. The maximum absolute atomic E-state index is 15.0. The van der Waals surface area contributed by atoms with Crippen molar-refractivity contribution in [1.29, 1.82) is 0 Å². The lowest BCUT2D eigenvalue weighted by Crippen LogP contribution is -2.58. The summed E-state index contributed by atoms with van der Waals surface area (Å²) in [4.78, 5) is 24.8. The summed E-state index contributed by atoms with van der Waals surface area (Å²) in [7, 11) is 1.74. The van der Waals surface area contributed by atoms with Gasteiger partial charge in [0.05, 0.1) is 58.6 Å². The van der Waals surface area contributed by atoms with E-state index in [4.69, 9.17) is 27.9 Å². The molecule has 0 radical (unpaired) electrons. The molecule has 0 aliphatic carbocycles. The fraction of sp³-hybridized carbons (Fsp3) is 0.250. The number of halogens is 3. The fourth-order valence-corrected chi connectivity index (χ4v) is 6.73. The molecule has 3 aromatic heterocycles. The van der Waals surface area contributed by atoms with Crippen LogP contribution < -0.4 is 5.32 Å². The monoisotopic (exact) mass is 560 g/mol. The lowest BCUT2D eigenvalue weighted by atomic mass is 9.92. The second-order valence-corrected chi connectivity index (χ2v) is 10.6. The molecule has 13 heteroatoms. The number of carbonyl (C=O) groups excluding carboxylic acids is 1. The molecule has 1 aromatic carbocycles. The highest BCUT2D eigenvalue weighted by Gasteiger charge is 2.59. The van der Waals surface area contributed by atoms with Crippen LogP contribution in [0.5, 0.6) is 0 Å². The quantitative estimate of drug-likeness (QED) is 0.356. The van der Waals surface area contributed by atoms with Gasteiger partial charge < -0.3 is 20.1 Å². The number of carbonyl (C=O) groups is 1. The van der Waals surface area contributed by atoms with E-state index in [0.29, 0.717) is 26.2 Å². The van der Waals surface area contributed by atoms with E-state index in [-0.39, 0.29) is 48.0 Å². The van der Waals surface area contributed by atoms with Crippen molar-refractivity contribution < 1.29 is 19.0 Å². The van der Waals surface area contributed by atoms with Gasteiger partial charge in [0.1, 0.15) is 17.1 Å². The molecule has 37 heavy (non-hydrogen) atoms. The Balaban J connectivity index is 1.42. The van der Waals surface area contributed by atoms with Gasteiger partial charge in [-0.05, 0) is 17.7 Å². The number of anilines is 2. The highest BCUT2D eigenvalue weighted by Crippen LogP contribution is 2.56. The normalized spacial score (nSPS) is 16.7. The highest BCUT2D eigenvalue weighted by atomic mass is 35.5. The summed E-state index contributed by atoms with van der Waals surface area (Å²) >= 11 is 14.1. The number of fused-ring (bicyclic) bond motifs is 2. The van der Waals surface area contributed by atoms with Gasteiger partial charge >= 0.3 is 0 Å². The number of aromatic nitrogens is 4. The fourth-order valence-electron chi connectivity index (χ4n) is 4.76. The number of hydrogen-bond acceptors (Lipinski definition) is 8. The minimum absolute atomic E-state index is 0.0210. The number of amides is 1. The van der Waals surface area contributed by atoms with Crippen LogP contribution in [-0.2, 0) is 17.3 Å². The minimum atomic E-state index is -0.839. The van der Waals surface area contributed by atoms with E-state index >= 15 is 0 Å². The summed E-state index contributed by atoms with van der Waals surface area (Å²) < 4.78 is 22.1. The zero-order valence-corrected chi connectivity index (χ0v) is 21.6. The first-order valence-electron chi connectivity index (χ1n) is 11.2. The molecule has 1 amide bonds. The van der Waals surface area contributed by atoms with Crippen molar-refractivity contribution >= 4 is 52.2 Å². The third kappa shape index (κ3) is 3.72. The number of nitrogens with one attached hydrogen (secondary N) is 1. The lowest BCUT2D eigenvalue weighted by molar-refractivity contribution is -0.139. The Labute approximate surface area is 224 Å². The van der Waals surface area contributed by atoms with Crippen molar-refractivity contribution in [3.8, 4) is 10.6 Å². The molecule has 1 spiro atoms. The van der Waals surface area contributed by atoms with Crippen LogP contribution >= 0.6 is 34.5 Å². The van der Waals surface area contributed by atoms with Crippen molar-refractivity contribution in [2.24, 2.45) is 7.05 Å². The number of thiophene rings is 1. The van der Waals surface area contributed by atoms with Gasteiger partial charge in [0, 0.05) is 18.1 Å². The van der Waals surface area contributed by atoms with E-state index in [9.17, 15) is 14.3 Å². The third-order valence-corrected chi connectivity index (χ3v) is 8.70. The molecule has 2 N–H and O–H groups in total. The Bertz CT molecular complexity index is 1540. The Kier molecular flexibility index (Phi) is 5.92. The first-order valence-corrected chi connectivity index (χ1v) is 12.8. The number of aliphatic hydroxyl groups is 1. The number of hydrogen-bond donors (Lipinski definition) is 2. The van der Waals surface area contributed by atoms with Crippen molar-refractivity contribution in [2.45, 2.75) is 11.6 Å². The van der Waals surface area contributed by atoms with Crippen molar-refractivity contribution in [2.75, 3.05) is 25.1 Å². The predicted octanol–water partition coefficient (Wildman–Crippen LogP) is 4.54. The lowest BCUT2D eigenvalue weighted by Gasteiger charge is -2.48. The second-order valence-electron chi connectivity index (χ2n) is 8.76. The number of aryl methyl sites for hydroxylation is 1. The molecule has 0 saturated carbocycles. The van der Waals surface area contributed by atoms with Crippen LogP contribution in [0.1, 0.15) is 26.8 Å². The number of rotatable bonds is 6. The summed E-state index contributed by atoms with van der Waals surface area (Å²) in [6.07, 6.45) is 2.66. The molecule has 6 rings (SSSR count). The molecule has 0 bridgehead atoms. The summed E-state index contributed by atoms with van der Waals surface area (Å²) in [5.41, 5.74) is 0.0966. The van der Waals surface area contributed by atoms with Crippen LogP contribution in [0.2, 0.25) is 10.0 Å². The molecule has 1 fully saturated rings. The van der Waals surface area contributed by atoms with Crippen LogP contribution in [0.25, 0.3) is 10.6 Å². The molecule has 1 saturated heterocycles. The van der Waals surface area contributed by atoms with Crippen molar-refractivity contribution in [3.05, 3.63) is 74.6 Å². The summed E-state index contributed by atoms with van der Waals surface area (Å²) in [5, 5.41) is 18.0. The first kappa shape index (κ1) is 24.3. The van der Waals surface area contributed by atoms with E-state index in [2.05, 4.69) is 20.4 Å². The number of aliphatic hydroxyl groups excluding tert-OH is 1. The van der Waals surface area contributed by atoms with E-state index in [1.807, 2.05) is 0 Å². The van der Waals surface area contributed by atoms with Crippen LogP contribution in [0.15, 0.2) is 42.7 Å². The number of benzene rings is 1. The smallest absolute Gasteiger partial charge is 0.258 e. The predicted molar refractivity (Wildman–Crippen MR) is 137 cm³/mol. The molecule has 1 atom stereocenters. The number of nitrogens with zero attached hydrogens (tertiary/aromatic N) is 5. The Morgan fingerprint density at radius 2 is 2.14 bits per heavy atom. The molecule has 1 unspecified atom stereocenters. The zero-order chi connectivity index (χ0) is 25.9. The average Bonchev–Trinajstić information content (AvgIpc) is 3.49.